The van der Waals surface area contributed by atoms with Crippen molar-refractivity contribution < 1.29 is 28.3 Å². The second-order valence-electron chi connectivity index (χ2n) is 10.2. The molecule has 1 aliphatic heterocycles. The van der Waals surface area contributed by atoms with Gasteiger partial charge in [-0.15, -0.1) is 0 Å². The number of urea groups is 1. The summed E-state index contributed by atoms with van der Waals surface area (Å²) in [5.41, 5.74) is 0.918. The van der Waals surface area contributed by atoms with E-state index in [1.165, 1.54) is 6.33 Å². The predicted molar refractivity (Wildman–Crippen MR) is 145 cm³/mol. The number of benzene rings is 2. The number of carbonyl (C=O) groups excluding carboxylic acids is 1. The third-order valence-corrected chi connectivity index (χ3v) is 6.14. The van der Waals surface area contributed by atoms with Crippen molar-refractivity contribution in [1.82, 2.24) is 15.1 Å². The first-order chi connectivity index (χ1) is 18.8. The van der Waals surface area contributed by atoms with E-state index in [2.05, 4.69) is 25.8 Å². The van der Waals surface area contributed by atoms with E-state index < -0.39 is 6.03 Å². The SMILES string of the molecule is COc1cc(OC2CCOCC2)c2c(Oc3cccc(NC(=O)Nc4cc(C(C)(C)C)on4)c3)ncnc2c1. The van der Waals surface area contributed by atoms with E-state index in [0.717, 1.165) is 12.8 Å². The maximum absolute atomic E-state index is 12.6. The molecule has 1 aliphatic rings. The Morgan fingerprint density at radius 1 is 1.03 bits per heavy atom. The van der Waals surface area contributed by atoms with Gasteiger partial charge < -0.3 is 28.8 Å². The topological polar surface area (TPSA) is 130 Å². The molecule has 2 amide bonds. The Kier molecular flexibility index (Phi) is 7.51. The van der Waals surface area contributed by atoms with E-state index in [1.807, 2.05) is 26.8 Å². The number of hydrogen-bond acceptors (Lipinski definition) is 9. The summed E-state index contributed by atoms with van der Waals surface area (Å²) in [6.45, 7) is 7.29. The van der Waals surface area contributed by atoms with Gasteiger partial charge in [0.05, 0.1) is 25.8 Å². The van der Waals surface area contributed by atoms with Crippen LogP contribution >= 0.6 is 0 Å². The molecule has 2 N–H and O–H groups in total. The highest BCUT2D eigenvalue weighted by Gasteiger charge is 2.22. The summed E-state index contributed by atoms with van der Waals surface area (Å²) in [7, 11) is 1.60. The molecule has 0 atom stereocenters. The van der Waals surface area contributed by atoms with Crippen molar-refractivity contribution in [2.75, 3.05) is 31.0 Å². The van der Waals surface area contributed by atoms with Gasteiger partial charge in [0.15, 0.2) is 5.82 Å². The van der Waals surface area contributed by atoms with Gasteiger partial charge in [0, 0.05) is 48.2 Å². The standard InChI is InChI=1S/C28H31N5O6/c1-28(2,3)23-15-24(33-39-23)32-27(34)31-17-6-5-7-19(12-17)38-26-25-21(29-16-30-26)13-20(35-4)14-22(25)37-18-8-10-36-11-9-18/h5-7,12-16,18H,8-11H2,1-4H3,(H2,31,32,33,34). The van der Waals surface area contributed by atoms with Crippen molar-refractivity contribution in [2.24, 2.45) is 0 Å². The Hall–Kier alpha value is -4.38. The Labute approximate surface area is 225 Å². The first-order valence-electron chi connectivity index (χ1n) is 12.7. The van der Waals surface area contributed by atoms with Gasteiger partial charge in [-0.2, -0.15) is 0 Å². The fraction of sp³-hybridized carbons (Fsp3) is 0.357. The fourth-order valence-corrected chi connectivity index (χ4v) is 4.08. The zero-order valence-corrected chi connectivity index (χ0v) is 22.3. The van der Waals surface area contributed by atoms with Gasteiger partial charge in [0.2, 0.25) is 5.88 Å². The molecule has 0 aliphatic carbocycles. The van der Waals surface area contributed by atoms with E-state index >= 15 is 0 Å². The summed E-state index contributed by atoms with van der Waals surface area (Å²) < 4.78 is 28.8. The maximum atomic E-state index is 12.6. The normalized spacial score (nSPS) is 14.2. The molecule has 1 fully saturated rings. The zero-order valence-electron chi connectivity index (χ0n) is 22.3. The minimum absolute atomic E-state index is 0.00246. The third-order valence-electron chi connectivity index (χ3n) is 6.14. The Morgan fingerprint density at radius 3 is 2.59 bits per heavy atom. The number of carbonyl (C=O) groups is 1. The molecule has 11 nitrogen and oxygen atoms in total. The molecule has 0 bridgehead atoms. The number of fused-ring (bicyclic) bond motifs is 1. The largest absolute Gasteiger partial charge is 0.497 e. The lowest BCUT2D eigenvalue weighted by atomic mass is 9.93. The molecule has 4 aromatic rings. The monoisotopic (exact) mass is 533 g/mol. The van der Waals surface area contributed by atoms with Gasteiger partial charge in [-0.25, -0.2) is 14.8 Å². The van der Waals surface area contributed by atoms with Crippen LogP contribution in [0.15, 0.2) is 53.3 Å². The molecule has 0 radical (unpaired) electrons. The highest BCUT2D eigenvalue weighted by Crippen LogP contribution is 2.38. The van der Waals surface area contributed by atoms with Crippen molar-refractivity contribution >= 4 is 28.4 Å². The molecule has 0 unspecified atom stereocenters. The lowest BCUT2D eigenvalue weighted by Gasteiger charge is -2.24. The minimum Gasteiger partial charge on any atom is -0.497 e. The smallest absolute Gasteiger partial charge is 0.324 e. The highest BCUT2D eigenvalue weighted by atomic mass is 16.5. The molecule has 0 spiro atoms. The summed E-state index contributed by atoms with van der Waals surface area (Å²) in [5.74, 6) is 2.98. The molecule has 39 heavy (non-hydrogen) atoms. The van der Waals surface area contributed by atoms with Crippen LogP contribution in [0.25, 0.3) is 10.9 Å². The number of rotatable bonds is 7. The van der Waals surface area contributed by atoms with Gasteiger partial charge in [-0.05, 0) is 12.1 Å². The summed E-state index contributed by atoms with van der Waals surface area (Å²) >= 11 is 0. The molecule has 2 aromatic heterocycles. The summed E-state index contributed by atoms with van der Waals surface area (Å²) in [4.78, 5) is 21.4. The molecule has 204 valence electrons. The summed E-state index contributed by atoms with van der Waals surface area (Å²) in [6.07, 6.45) is 2.99. The summed E-state index contributed by atoms with van der Waals surface area (Å²) in [6, 6.07) is 11.8. The zero-order chi connectivity index (χ0) is 27.4. The summed E-state index contributed by atoms with van der Waals surface area (Å²) in [5, 5.41) is 10.0. The molecular weight excluding hydrogens is 502 g/mol. The predicted octanol–water partition coefficient (Wildman–Crippen LogP) is 5.92. The second-order valence-corrected chi connectivity index (χ2v) is 10.2. The number of hydrogen-bond donors (Lipinski definition) is 2. The van der Waals surface area contributed by atoms with E-state index in [-0.39, 0.29) is 11.5 Å². The lowest BCUT2D eigenvalue weighted by Crippen LogP contribution is -2.26. The number of ether oxygens (including phenoxy) is 4. The van der Waals surface area contributed by atoms with Crippen molar-refractivity contribution in [3.8, 4) is 23.1 Å². The molecule has 0 saturated carbocycles. The third kappa shape index (κ3) is 6.37. The van der Waals surface area contributed by atoms with Crippen LogP contribution in [-0.4, -0.2) is 47.6 Å². The molecule has 1 saturated heterocycles. The fourth-order valence-electron chi connectivity index (χ4n) is 4.08. The Bertz CT molecular complexity index is 1460. The van der Waals surface area contributed by atoms with Gasteiger partial charge in [-0.1, -0.05) is 32.0 Å². The molecule has 2 aromatic carbocycles. The lowest BCUT2D eigenvalue weighted by molar-refractivity contribution is 0.0261. The molecular formula is C28H31N5O6. The second kappa shape index (κ2) is 11.2. The van der Waals surface area contributed by atoms with E-state index in [1.54, 1.807) is 43.5 Å². The van der Waals surface area contributed by atoms with Crippen LogP contribution in [0.1, 0.15) is 39.4 Å². The van der Waals surface area contributed by atoms with E-state index in [9.17, 15) is 4.79 Å². The molecule has 11 heteroatoms. The maximum Gasteiger partial charge on any atom is 0.324 e. The quantitative estimate of drug-likeness (QED) is 0.297. The number of amides is 2. The van der Waals surface area contributed by atoms with Crippen molar-refractivity contribution in [3.63, 3.8) is 0 Å². The number of aromatic nitrogens is 3. The average molecular weight is 534 g/mol. The average Bonchev–Trinajstić information content (AvgIpc) is 3.38. The van der Waals surface area contributed by atoms with E-state index in [0.29, 0.717) is 64.5 Å². The first kappa shape index (κ1) is 26.2. The highest BCUT2D eigenvalue weighted by molar-refractivity contribution is 5.99. The van der Waals surface area contributed by atoms with Gasteiger partial charge >= 0.3 is 6.03 Å². The van der Waals surface area contributed by atoms with Crippen LogP contribution in [0.5, 0.6) is 23.1 Å². The van der Waals surface area contributed by atoms with Crippen LogP contribution < -0.4 is 24.8 Å². The van der Waals surface area contributed by atoms with Crippen LogP contribution in [-0.2, 0) is 10.2 Å². The number of nitrogens with one attached hydrogen (secondary N) is 2. The number of nitrogens with zero attached hydrogens (tertiary/aromatic N) is 3. The van der Waals surface area contributed by atoms with Crippen LogP contribution in [0.4, 0.5) is 16.3 Å². The molecule has 3 heterocycles. The Morgan fingerprint density at radius 2 is 1.85 bits per heavy atom. The minimum atomic E-state index is -0.465. The van der Waals surface area contributed by atoms with Crippen LogP contribution in [0, 0.1) is 0 Å². The Balaban J connectivity index is 1.35. The van der Waals surface area contributed by atoms with Crippen LogP contribution in [0.2, 0.25) is 0 Å². The van der Waals surface area contributed by atoms with Crippen molar-refractivity contribution in [3.05, 3.63) is 54.6 Å². The molecule has 5 rings (SSSR count). The first-order valence-corrected chi connectivity index (χ1v) is 12.7. The number of anilines is 2. The van der Waals surface area contributed by atoms with E-state index in [4.69, 9.17) is 23.5 Å². The van der Waals surface area contributed by atoms with Gasteiger partial charge in [-0.3, -0.25) is 5.32 Å². The van der Waals surface area contributed by atoms with Crippen molar-refractivity contribution in [2.45, 2.75) is 45.1 Å². The van der Waals surface area contributed by atoms with Gasteiger partial charge in [0.1, 0.15) is 40.8 Å². The number of methoxy groups -OCH3 is 1. The van der Waals surface area contributed by atoms with Gasteiger partial charge in [0.25, 0.3) is 0 Å². The van der Waals surface area contributed by atoms with Crippen molar-refractivity contribution in [1.29, 1.82) is 0 Å². The van der Waals surface area contributed by atoms with Crippen LogP contribution in [0.3, 0.4) is 0 Å².